The van der Waals surface area contributed by atoms with E-state index >= 15 is 0 Å². The number of halogens is 1. The summed E-state index contributed by atoms with van der Waals surface area (Å²) in [5, 5.41) is 0.403. The van der Waals surface area contributed by atoms with Crippen LogP contribution in [0.1, 0.15) is 22.8 Å². The van der Waals surface area contributed by atoms with Gasteiger partial charge in [0.1, 0.15) is 0 Å². The Morgan fingerprint density at radius 3 is 2.68 bits per heavy atom. The average Bonchev–Trinajstić information content (AvgIpc) is 2.50. The molecule has 3 rings (SSSR count). The molecule has 0 aromatic heterocycles. The minimum absolute atomic E-state index is 0.0816. The summed E-state index contributed by atoms with van der Waals surface area (Å²) in [4.78, 5) is 25.6. The first kappa shape index (κ1) is 14.6. The van der Waals surface area contributed by atoms with Gasteiger partial charge in [-0.15, -0.1) is 0 Å². The molecule has 0 radical (unpaired) electrons. The lowest BCUT2D eigenvalue weighted by Gasteiger charge is -2.30. The number of rotatable bonds is 3. The molecule has 5 heteroatoms. The highest BCUT2D eigenvalue weighted by molar-refractivity contribution is 6.31. The number of hydrogen-bond donors (Lipinski definition) is 0. The molecule has 0 saturated carbocycles. The second kappa shape index (κ2) is 5.81. The average molecular weight is 316 g/mol. The van der Waals surface area contributed by atoms with E-state index in [0.717, 1.165) is 5.56 Å². The SMILES string of the molecule is CC(=O)c1cc(Cl)cc2c1OCC(=O)N2Cc1ccccc1. The van der Waals surface area contributed by atoms with Crippen molar-refractivity contribution in [1.29, 1.82) is 0 Å². The van der Waals surface area contributed by atoms with Crippen molar-refractivity contribution in [2.45, 2.75) is 13.5 Å². The predicted molar refractivity (Wildman–Crippen MR) is 84.6 cm³/mol. The summed E-state index contributed by atoms with van der Waals surface area (Å²) >= 11 is 6.10. The topological polar surface area (TPSA) is 46.6 Å². The second-order valence-electron chi connectivity index (χ2n) is 5.11. The number of ketones is 1. The van der Waals surface area contributed by atoms with Gasteiger partial charge < -0.3 is 9.64 Å². The van der Waals surface area contributed by atoms with Gasteiger partial charge in [0.05, 0.1) is 17.8 Å². The molecule has 4 nitrogen and oxygen atoms in total. The lowest BCUT2D eigenvalue weighted by atomic mass is 10.1. The zero-order chi connectivity index (χ0) is 15.7. The van der Waals surface area contributed by atoms with Crippen LogP contribution in [0.25, 0.3) is 0 Å². The molecule has 1 heterocycles. The standard InChI is InChI=1S/C17H14ClNO3/c1-11(20)14-7-13(18)8-15-17(14)22-10-16(21)19(15)9-12-5-3-2-4-6-12/h2-8H,9-10H2,1H3. The molecule has 0 fully saturated rings. The highest BCUT2D eigenvalue weighted by Gasteiger charge is 2.29. The lowest BCUT2D eigenvalue weighted by Crippen LogP contribution is -2.38. The normalized spacial score (nSPS) is 13.5. The number of anilines is 1. The van der Waals surface area contributed by atoms with Crippen LogP contribution in [-0.4, -0.2) is 18.3 Å². The summed E-state index contributed by atoms with van der Waals surface area (Å²) in [5.41, 5.74) is 1.93. The zero-order valence-corrected chi connectivity index (χ0v) is 12.8. The van der Waals surface area contributed by atoms with E-state index in [9.17, 15) is 9.59 Å². The lowest BCUT2D eigenvalue weighted by molar-refractivity contribution is -0.121. The highest BCUT2D eigenvalue weighted by atomic mass is 35.5. The molecule has 112 valence electrons. The smallest absolute Gasteiger partial charge is 0.265 e. The number of ether oxygens (including phenoxy) is 1. The zero-order valence-electron chi connectivity index (χ0n) is 12.0. The van der Waals surface area contributed by atoms with Crippen molar-refractivity contribution < 1.29 is 14.3 Å². The number of amides is 1. The highest BCUT2D eigenvalue weighted by Crippen LogP contribution is 2.39. The van der Waals surface area contributed by atoms with E-state index in [-0.39, 0.29) is 18.3 Å². The predicted octanol–water partition coefficient (Wildman–Crippen LogP) is 3.47. The molecule has 1 aliphatic heterocycles. The fraction of sp³-hybridized carbons (Fsp3) is 0.176. The van der Waals surface area contributed by atoms with Gasteiger partial charge in [-0.05, 0) is 24.6 Å². The van der Waals surface area contributed by atoms with Crippen molar-refractivity contribution in [3.8, 4) is 5.75 Å². The summed E-state index contributed by atoms with van der Waals surface area (Å²) in [5.74, 6) is 0.119. The number of benzene rings is 2. The third-order valence-corrected chi connectivity index (χ3v) is 3.75. The van der Waals surface area contributed by atoms with Crippen LogP contribution in [0.5, 0.6) is 5.75 Å². The van der Waals surface area contributed by atoms with Gasteiger partial charge in [-0.1, -0.05) is 41.9 Å². The van der Waals surface area contributed by atoms with E-state index in [2.05, 4.69) is 0 Å². The molecule has 0 bridgehead atoms. The van der Waals surface area contributed by atoms with Crippen molar-refractivity contribution in [3.63, 3.8) is 0 Å². The first-order valence-electron chi connectivity index (χ1n) is 6.88. The Bertz CT molecular complexity index is 743. The number of carbonyl (C=O) groups excluding carboxylic acids is 2. The number of hydrogen-bond acceptors (Lipinski definition) is 3. The monoisotopic (exact) mass is 315 g/mol. The van der Waals surface area contributed by atoms with Gasteiger partial charge in [-0.25, -0.2) is 0 Å². The summed E-state index contributed by atoms with van der Waals surface area (Å²) < 4.78 is 5.48. The van der Waals surface area contributed by atoms with Gasteiger partial charge >= 0.3 is 0 Å². The Labute approximate surface area is 133 Å². The van der Waals surface area contributed by atoms with E-state index < -0.39 is 0 Å². The molecule has 0 spiro atoms. The van der Waals surface area contributed by atoms with Gasteiger partial charge in [0.2, 0.25) is 0 Å². The molecule has 1 amide bonds. The summed E-state index contributed by atoms with van der Waals surface area (Å²) in [6, 6.07) is 12.9. The molecule has 0 unspecified atom stereocenters. The maximum atomic E-state index is 12.2. The van der Waals surface area contributed by atoms with Crippen LogP contribution in [-0.2, 0) is 11.3 Å². The molecule has 0 atom stereocenters. The van der Waals surface area contributed by atoms with Gasteiger partial charge in [-0.3, -0.25) is 9.59 Å². The van der Waals surface area contributed by atoms with Gasteiger partial charge in [0.25, 0.3) is 5.91 Å². The summed E-state index contributed by atoms with van der Waals surface area (Å²) in [6.07, 6.45) is 0. The molecular formula is C17H14ClNO3. The summed E-state index contributed by atoms with van der Waals surface area (Å²) in [6.45, 7) is 1.78. The molecular weight excluding hydrogens is 302 g/mol. The van der Waals surface area contributed by atoms with Crippen LogP contribution in [0.3, 0.4) is 0 Å². The van der Waals surface area contributed by atoms with Crippen LogP contribution >= 0.6 is 11.6 Å². The van der Waals surface area contributed by atoms with Gasteiger partial charge in [0.15, 0.2) is 18.1 Å². The maximum Gasteiger partial charge on any atom is 0.265 e. The van der Waals surface area contributed by atoms with Crippen LogP contribution in [0.2, 0.25) is 5.02 Å². The van der Waals surface area contributed by atoms with Crippen molar-refractivity contribution in [3.05, 3.63) is 58.6 Å². The molecule has 2 aromatic rings. The van der Waals surface area contributed by atoms with Crippen LogP contribution in [0, 0.1) is 0 Å². The van der Waals surface area contributed by atoms with E-state index in [1.165, 1.54) is 6.92 Å². The molecule has 0 N–H and O–H groups in total. The van der Waals surface area contributed by atoms with Crippen molar-refractivity contribution in [1.82, 2.24) is 0 Å². The van der Waals surface area contributed by atoms with Gasteiger partial charge in [-0.2, -0.15) is 0 Å². The van der Waals surface area contributed by atoms with Crippen molar-refractivity contribution in [2.75, 3.05) is 11.5 Å². The first-order valence-corrected chi connectivity index (χ1v) is 7.25. The van der Waals surface area contributed by atoms with E-state index in [1.807, 2.05) is 30.3 Å². The first-order chi connectivity index (χ1) is 10.6. The molecule has 1 aliphatic rings. The van der Waals surface area contributed by atoms with Crippen molar-refractivity contribution >= 4 is 29.0 Å². The molecule has 22 heavy (non-hydrogen) atoms. The number of carbonyl (C=O) groups is 2. The van der Waals surface area contributed by atoms with Crippen LogP contribution in [0.15, 0.2) is 42.5 Å². The quantitative estimate of drug-likeness (QED) is 0.815. The molecule has 0 saturated heterocycles. The van der Waals surface area contributed by atoms with Crippen LogP contribution < -0.4 is 9.64 Å². The van der Waals surface area contributed by atoms with E-state index in [4.69, 9.17) is 16.3 Å². The van der Waals surface area contributed by atoms with E-state index in [0.29, 0.717) is 28.6 Å². The van der Waals surface area contributed by atoms with Crippen LogP contribution in [0.4, 0.5) is 5.69 Å². The third-order valence-electron chi connectivity index (χ3n) is 3.53. The fourth-order valence-electron chi connectivity index (χ4n) is 2.48. The Morgan fingerprint density at radius 1 is 1.27 bits per heavy atom. The Balaban J connectivity index is 2.07. The molecule has 0 aliphatic carbocycles. The second-order valence-corrected chi connectivity index (χ2v) is 5.55. The number of fused-ring (bicyclic) bond motifs is 1. The summed E-state index contributed by atoms with van der Waals surface area (Å²) in [7, 11) is 0. The van der Waals surface area contributed by atoms with Crippen molar-refractivity contribution in [2.24, 2.45) is 0 Å². The van der Waals surface area contributed by atoms with Gasteiger partial charge in [0, 0.05) is 5.02 Å². The number of nitrogens with zero attached hydrogens (tertiary/aromatic N) is 1. The maximum absolute atomic E-state index is 12.2. The molecule has 2 aromatic carbocycles. The Morgan fingerprint density at radius 2 is 2.00 bits per heavy atom. The Hall–Kier alpha value is -2.33. The fourth-order valence-corrected chi connectivity index (χ4v) is 2.69. The largest absolute Gasteiger partial charge is 0.481 e. The Kier molecular flexibility index (Phi) is 3.86. The minimum atomic E-state index is -0.159. The van der Waals surface area contributed by atoms with E-state index in [1.54, 1.807) is 17.0 Å². The number of Topliss-reactive ketones (excluding diaryl/α,β-unsaturated/α-hetero) is 1. The minimum Gasteiger partial charge on any atom is -0.481 e. The third kappa shape index (κ3) is 2.70.